The summed E-state index contributed by atoms with van der Waals surface area (Å²) in [5, 5.41) is 19.3. The quantitative estimate of drug-likeness (QED) is 0.169. The molecule has 2 heterocycles. The van der Waals surface area contributed by atoms with Gasteiger partial charge in [-0.25, -0.2) is 17.9 Å². The molecule has 0 radical (unpaired) electrons. The van der Waals surface area contributed by atoms with Gasteiger partial charge in [0.2, 0.25) is 0 Å². The summed E-state index contributed by atoms with van der Waals surface area (Å²) in [4.78, 5) is 23.1. The number of benzene rings is 2. The predicted octanol–water partition coefficient (Wildman–Crippen LogP) is 5.78. The lowest BCUT2D eigenvalue weighted by Crippen LogP contribution is -2.25. The molecule has 3 aromatic rings. The van der Waals surface area contributed by atoms with Crippen LogP contribution in [0.4, 0.5) is 22.0 Å². The van der Waals surface area contributed by atoms with Crippen LogP contribution in [0, 0.1) is 17.0 Å². The summed E-state index contributed by atoms with van der Waals surface area (Å²) in [5.74, 6) is 1.22. The van der Waals surface area contributed by atoms with Gasteiger partial charge in [-0.2, -0.15) is 5.10 Å². The minimum absolute atomic E-state index is 0.0755. The highest BCUT2D eigenvalue weighted by Crippen LogP contribution is 2.41. The lowest BCUT2D eigenvalue weighted by molar-refractivity contribution is -0.384. The first kappa shape index (κ1) is 27.6. The highest BCUT2D eigenvalue weighted by molar-refractivity contribution is 7.91. The van der Waals surface area contributed by atoms with Crippen LogP contribution in [0.3, 0.4) is 0 Å². The molecule has 2 atom stereocenters. The number of nitrogens with one attached hydrogen (secondary N) is 1. The van der Waals surface area contributed by atoms with Crippen LogP contribution in [0.25, 0.3) is 0 Å². The van der Waals surface area contributed by atoms with E-state index in [9.17, 15) is 23.3 Å². The average Bonchev–Trinajstić information content (AvgIpc) is 3.55. The second-order valence-corrected chi connectivity index (χ2v) is 13.4. The smallest absolute Gasteiger partial charge is 0.431 e. The minimum Gasteiger partial charge on any atom is -0.431 e. The van der Waals surface area contributed by atoms with E-state index < -0.39 is 20.9 Å². The van der Waals surface area contributed by atoms with Crippen molar-refractivity contribution in [3.05, 3.63) is 69.4 Å². The maximum atomic E-state index is 12.4. The molecule has 2 aromatic carbocycles. The summed E-state index contributed by atoms with van der Waals surface area (Å²) in [6.45, 7) is 8.22. The summed E-state index contributed by atoms with van der Waals surface area (Å²) in [7, 11) is -3.19. The number of aromatic nitrogens is 2. The van der Waals surface area contributed by atoms with Gasteiger partial charge in [0.1, 0.15) is 17.7 Å². The molecule has 1 aromatic heterocycles. The van der Waals surface area contributed by atoms with Gasteiger partial charge >= 0.3 is 6.16 Å². The largest absolute Gasteiger partial charge is 0.514 e. The zero-order chi connectivity index (χ0) is 28.8. The number of fused-ring (bicyclic) bond motifs is 1. The zero-order valence-electron chi connectivity index (χ0n) is 22.8. The van der Waals surface area contributed by atoms with Crippen molar-refractivity contribution in [3.8, 4) is 5.75 Å². The summed E-state index contributed by atoms with van der Waals surface area (Å²) in [6, 6.07) is 10.6. The summed E-state index contributed by atoms with van der Waals surface area (Å²) < 4.78 is 37.2. The number of ether oxygens (including phenoxy) is 2. The Kier molecular flexibility index (Phi) is 7.07. The van der Waals surface area contributed by atoms with Gasteiger partial charge in [0.25, 0.3) is 5.69 Å². The van der Waals surface area contributed by atoms with E-state index in [-0.39, 0.29) is 34.8 Å². The van der Waals surface area contributed by atoms with E-state index in [1.165, 1.54) is 24.3 Å². The van der Waals surface area contributed by atoms with Crippen molar-refractivity contribution >= 4 is 33.2 Å². The normalized spacial score (nSPS) is 19.7. The molecule has 12 heteroatoms. The van der Waals surface area contributed by atoms with Gasteiger partial charge in [-0.05, 0) is 89.3 Å². The third-order valence-electron chi connectivity index (χ3n) is 7.38. The van der Waals surface area contributed by atoms with Crippen LogP contribution in [0.2, 0.25) is 0 Å². The molecule has 2 aliphatic rings. The summed E-state index contributed by atoms with van der Waals surface area (Å²) in [5.41, 5.74) is 3.12. The molecule has 5 rings (SSSR count). The molecule has 1 N–H and O–H groups in total. The highest BCUT2D eigenvalue weighted by Gasteiger charge is 2.34. The Bertz CT molecular complexity index is 1570. The lowest BCUT2D eigenvalue weighted by Gasteiger charge is -2.23. The standard InChI is InChI=1S/C28H32N4O7S/c1-17-25(19-5-9-23(16-19)39-27(33)38-22-10-7-21(8-11-22)32(34)35)30-31(28(2,3)4)26(17)29-20-6-12-24-18(15-20)13-14-40(24,36)37/h6-8,10-12,15,19,23,29H,5,9,13-14,16H2,1-4H3/t19-,23+/m1/s1. The van der Waals surface area contributed by atoms with E-state index in [2.05, 4.69) is 26.1 Å². The fourth-order valence-electron chi connectivity index (χ4n) is 5.37. The maximum Gasteiger partial charge on any atom is 0.514 e. The van der Waals surface area contributed by atoms with Gasteiger partial charge in [0.05, 0.1) is 26.8 Å². The second kappa shape index (κ2) is 10.2. The Balaban J connectivity index is 1.29. The number of nitrogens with zero attached hydrogens (tertiary/aromatic N) is 3. The number of nitro benzene ring substituents is 1. The van der Waals surface area contributed by atoms with Gasteiger partial charge in [0.15, 0.2) is 9.84 Å². The van der Waals surface area contributed by atoms with Crippen LogP contribution in [0.15, 0.2) is 47.4 Å². The van der Waals surface area contributed by atoms with E-state index in [1.54, 1.807) is 12.1 Å². The third-order valence-corrected chi connectivity index (χ3v) is 9.19. The number of hydrogen-bond acceptors (Lipinski definition) is 9. The fraction of sp³-hybridized carbons (Fsp3) is 0.429. The molecule has 1 aliphatic heterocycles. The number of carbonyl (C=O) groups excluding carboxylic acids is 1. The Morgan fingerprint density at radius 3 is 2.55 bits per heavy atom. The molecule has 212 valence electrons. The number of sulfone groups is 1. The number of aryl methyl sites for hydroxylation is 1. The molecule has 0 spiro atoms. The van der Waals surface area contributed by atoms with Crippen LogP contribution >= 0.6 is 0 Å². The van der Waals surface area contributed by atoms with Gasteiger partial charge in [-0.3, -0.25) is 10.1 Å². The summed E-state index contributed by atoms with van der Waals surface area (Å²) in [6.07, 6.45) is 1.35. The van der Waals surface area contributed by atoms with E-state index in [1.807, 2.05) is 17.7 Å². The number of rotatable bonds is 6. The molecule has 1 aliphatic carbocycles. The minimum atomic E-state index is -3.19. The first-order valence-electron chi connectivity index (χ1n) is 13.2. The van der Waals surface area contributed by atoms with E-state index in [0.29, 0.717) is 24.2 Å². The topological polar surface area (TPSA) is 143 Å². The van der Waals surface area contributed by atoms with Crippen LogP contribution in [-0.4, -0.2) is 41.1 Å². The molecule has 0 unspecified atom stereocenters. The van der Waals surface area contributed by atoms with Crippen LogP contribution in [0.1, 0.15) is 62.8 Å². The first-order chi connectivity index (χ1) is 18.8. The molecule has 40 heavy (non-hydrogen) atoms. The monoisotopic (exact) mass is 568 g/mol. The third kappa shape index (κ3) is 5.53. The number of hydrogen-bond donors (Lipinski definition) is 1. The van der Waals surface area contributed by atoms with Crippen LogP contribution in [-0.2, 0) is 26.5 Å². The molecule has 0 amide bonds. The molecule has 0 saturated heterocycles. The Morgan fingerprint density at radius 1 is 1.15 bits per heavy atom. The number of nitro groups is 1. The van der Waals surface area contributed by atoms with E-state index >= 15 is 0 Å². The van der Waals surface area contributed by atoms with Crippen LogP contribution < -0.4 is 10.1 Å². The molecule has 0 bridgehead atoms. The van der Waals surface area contributed by atoms with Crippen molar-refractivity contribution in [1.29, 1.82) is 0 Å². The Labute approximate surface area is 232 Å². The highest BCUT2D eigenvalue weighted by atomic mass is 32.2. The van der Waals surface area contributed by atoms with E-state index in [4.69, 9.17) is 14.6 Å². The van der Waals surface area contributed by atoms with E-state index in [0.717, 1.165) is 34.7 Å². The Hall–Kier alpha value is -3.93. The zero-order valence-corrected chi connectivity index (χ0v) is 23.7. The molecular weight excluding hydrogens is 536 g/mol. The van der Waals surface area contributed by atoms with Crippen molar-refractivity contribution in [2.45, 2.75) is 75.8 Å². The average molecular weight is 569 g/mol. The maximum absolute atomic E-state index is 12.4. The van der Waals surface area contributed by atoms with Crippen molar-refractivity contribution in [2.75, 3.05) is 11.1 Å². The van der Waals surface area contributed by atoms with Crippen molar-refractivity contribution in [3.63, 3.8) is 0 Å². The van der Waals surface area contributed by atoms with Gasteiger partial charge in [0, 0.05) is 29.3 Å². The molecular formula is C28H32N4O7S. The summed E-state index contributed by atoms with van der Waals surface area (Å²) >= 11 is 0. The van der Waals surface area contributed by atoms with Crippen LogP contribution in [0.5, 0.6) is 5.75 Å². The number of non-ortho nitro benzene ring substituents is 1. The van der Waals surface area contributed by atoms with Gasteiger partial charge in [-0.15, -0.1) is 0 Å². The second-order valence-electron chi connectivity index (χ2n) is 11.3. The van der Waals surface area contributed by atoms with Crippen molar-refractivity contribution in [1.82, 2.24) is 9.78 Å². The molecule has 1 fully saturated rings. The number of carbonyl (C=O) groups is 1. The first-order valence-corrected chi connectivity index (χ1v) is 14.8. The van der Waals surface area contributed by atoms with Crippen molar-refractivity contribution < 1.29 is 27.6 Å². The SMILES string of the molecule is Cc1c([C@@H]2CC[C@H](OC(=O)Oc3ccc([N+](=O)[O-])cc3)C2)nn(C(C)(C)C)c1Nc1ccc2c(c1)CCS2(=O)=O. The predicted molar refractivity (Wildman–Crippen MR) is 148 cm³/mol. The number of anilines is 2. The van der Waals surface area contributed by atoms with Gasteiger partial charge < -0.3 is 14.8 Å². The van der Waals surface area contributed by atoms with Gasteiger partial charge in [-0.1, -0.05) is 0 Å². The van der Waals surface area contributed by atoms with Crippen molar-refractivity contribution in [2.24, 2.45) is 0 Å². The molecule has 11 nitrogen and oxygen atoms in total. The lowest BCUT2D eigenvalue weighted by atomic mass is 10.0. The Morgan fingerprint density at radius 2 is 1.88 bits per heavy atom. The fourth-order valence-corrected chi connectivity index (χ4v) is 6.91. The molecule has 1 saturated carbocycles.